The number of halogens is 1. The molecule has 2 aromatic rings. The zero-order valence-corrected chi connectivity index (χ0v) is 21.5. The quantitative estimate of drug-likeness (QED) is 0.296. The van der Waals surface area contributed by atoms with Crippen LogP contribution in [0.5, 0.6) is 0 Å². The largest absolute Gasteiger partial charge is 0.396 e. The van der Waals surface area contributed by atoms with E-state index in [-0.39, 0.29) is 34.3 Å². The van der Waals surface area contributed by atoms with Gasteiger partial charge in [0.15, 0.2) is 0 Å². The molecule has 0 bridgehead atoms. The van der Waals surface area contributed by atoms with Gasteiger partial charge in [0.05, 0.1) is 36.3 Å². The Bertz CT molecular complexity index is 878. The topological polar surface area (TPSA) is 77.4 Å². The van der Waals surface area contributed by atoms with Gasteiger partial charge in [-0.2, -0.15) is 0 Å². The van der Waals surface area contributed by atoms with E-state index < -0.39 is 5.41 Å². The number of anilines is 2. The molecule has 1 aliphatic rings. The number of allylic oxidation sites excluding steroid dienone is 2. The van der Waals surface area contributed by atoms with E-state index in [1.165, 1.54) is 30.5 Å². The first-order valence-corrected chi connectivity index (χ1v) is 10.9. The molecule has 1 saturated carbocycles. The van der Waals surface area contributed by atoms with Crippen molar-refractivity contribution in [3.8, 4) is 0 Å². The standard InChI is InChI=1S/C23H32ClN3O2.W/c1-3-4-8-19(16-6-5-7-16)27-21-12-25-20-11-17(24)9-10-18(20)22(21)26-13-23(2,14-28)15-29;/h9-12,27-29H,3-8,13-15H2,1-2H3,(H,25,26);. The van der Waals surface area contributed by atoms with Crippen molar-refractivity contribution in [2.75, 3.05) is 30.4 Å². The number of hydrogen-bond acceptors (Lipinski definition) is 5. The molecule has 0 unspecified atom stereocenters. The molecule has 3 rings (SSSR count). The van der Waals surface area contributed by atoms with E-state index in [1.807, 2.05) is 31.3 Å². The maximum Gasteiger partial charge on any atom is 0.0810 e. The monoisotopic (exact) mass is 601 g/mol. The summed E-state index contributed by atoms with van der Waals surface area (Å²) in [4.78, 5) is 4.62. The molecule has 30 heavy (non-hydrogen) atoms. The fraction of sp³-hybridized carbons (Fsp3) is 0.522. The molecule has 0 aliphatic heterocycles. The third-order valence-corrected chi connectivity index (χ3v) is 5.97. The van der Waals surface area contributed by atoms with Gasteiger partial charge in [-0.1, -0.05) is 37.4 Å². The van der Waals surface area contributed by atoms with Crippen LogP contribution in [0.3, 0.4) is 0 Å². The maximum atomic E-state index is 9.68. The van der Waals surface area contributed by atoms with Crippen LogP contribution >= 0.6 is 11.6 Å². The molecule has 164 valence electrons. The number of unbranched alkanes of at least 4 members (excludes halogenated alkanes) is 1. The second kappa shape index (κ2) is 11.5. The van der Waals surface area contributed by atoms with Gasteiger partial charge in [0.25, 0.3) is 0 Å². The molecular weight excluding hydrogens is 570 g/mol. The fourth-order valence-corrected chi connectivity index (χ4v) is 3.58. The molecule has 1 aliphatic carbocycles. The van der Waals surface area contributed by atoms with E-state index in [1.54, 1.807) is 0 Å². The minimum atomic E-state index is -0.614. The molecule has 0 radical (unpaired) electrons. The summed E-state index contributed by atoms with van der Waals surface area (Å²) >= 11 is 6.17. The van der Waals surface area contributed by atoms with Crippen LogP contribution in [-0.4, -0.2) is 35.0 Å². The summed E-state index contributed by atoms with van der Waals surface area (Å²) in [6.45, 7) is 4.31. The van der Waals surface area contributed by atoms with Crippen molar-refractivity contribution in [2.45, 2.75) is 52.4 Å². The SMILES string of the molecule is CCCCC(Nc1cnc2cc(Cl)ccc2c1NCC(C)(CO)CO)=C1CCC1.[W]. The van der Waals surface area contributed by atoms with E-state index >= 15 is 0 Å². The van der Waals surface area contributed by atoms with Crippen molar-refractivity contribution in [2.24, 2.45) is 5.41 Å². The zero-order valence-electron chi connectivity index (χ0n) is 17.8. The van der Waals surface area contributed by atoms with Crippen LogP contribution in [0, 0.1) is 5.41 Å². The number of rotatable bonds is 10. The van der Waals surface area contributed by atoms with Crippen LogP contribution in [0.25, 0.3) is 10.9 Å². The molecule has 1 fully saturated rings. The number of fused-ring (bicyclic) bond motifs is 1. The van der Waals surface area contributed by atoms with Crippen molar-refractivity contribution < 1.29 is 31.3 Å². The fourth-order valence-electron chi connectivity index (χ4n) is 3.41. The van der Waals surface area contributed by atoms with Gasteiger partial charge >= 0.3 is 0 Å². The average Bonchev–Trinajstić information content (AvgIpc) is 2.69. The molecule has 7 heteroatoms. The number of aliphatic hydroxyl groups excluding tert-OH is 2. The van der Waals surface area contributed by atoms with Crippen LogP contribution in [0.4, 0.5) is 11.4 Å². The van der Waals surface area contributed by atoms with Gasteiger partial charge in [-0.05, 0) is 50.3 Å². The molecule has 0 amide bonds. The van der Waals surface area contributed by atoms with Crippen molar-refractivity contribution in [1.29, 1.82) is 0 Å². The van der Waals surface area contributed by atoms with Crippen LogP contribution in [-0.2, 0) is 21.1 Å². The first-order valence-electron chi connectivity index (χ1n) is 10.5. The van der Waals surface area contributed by atoms with Gasteiger partial charge in [0.1, 0.15) is 0 Å². The summed E-state index contributed by atoms with van der Waals surface area (Å²) in [5, 5.41) is 28.1. The van der Waals surface area contributed by atoms with E-state index in [0.717, 1.165) is 41.5 Å². The number of hydrogen-bond donors (Lipinski definition) is 4. The smallest absolute Gasteiger partial charge is 0.0810 e. The molecule has 0 spiro atoms. The summed E-state index contributed by atoms with van der Waals surface area (Å²) in [5.41, 5.74) is 4.86. The van der Waals surface area contributed by atoms with Crippen molar-refractivity contribution >= 4 is 33.9 Å². The van der Waals surface area contributed by atoms with E-state index in [2.05, 4.69) is 22.5 Å². The molecule has 4 N–H and O–H groups in total. The van der Waals surface area contributed by atoms with Crippen LogP contribution < -0.4 is 10.6 Å². The summed E-state index contributed by atoms with van der Waals surface area (Å²) < 4.78 is 0. The van der Waals surface area contributed by atoms with Gasteiger partial charge in [-0.15, -0.1) is 0 Å². The minimum absolute atomic E-state index is 0. The molecule has 1 heterocycles. The number of nitrogens with zero attached hydrogens (tertiary/aromatic N) is 1. The third-order valence-electron chi connectivity index (χ3n) is 5.74. The average molecular weight is 602 g/mol. The second-order valence-corrected chi connectivity index (χ2v) is 8.79. The maximum absolute atomic E-state index is 9.68. The van der Waals surface area contributed by atoms with E-state index in [0.29, 0.717) is 11.6 Å². The summed E-state index contributed by atoms with van der Waals surface area (Å²) in [6.07, 6.45) is 8.78. The molecule has 1 aromatic carbocycles. The predicted octanol–water partition coefficient (Wildman–Crippen LogP) is 5.33. The van der Waals surface area contributed by atoms with Gasteiger partial charge in [-0.3, -0.25) is 4.98 Å². The van der Waals surface area contributed by atoms with Crippen molar-refractivity contribution in [3.05, 3.63) is 40.7 Å². The number of benzene rings is 1. The Balaban J connectivity index is 0.00000320. The Morgan fingerprint density at radius 2 is 1.97 bits per heavy atom. The minimum Gasteiger partial charge on any atom is -0.396 e. The molecule has 5 nitrogen and oxygen atoms in total. The van der Waals surface area contributed by atoms with Crippen LogP contribution in [0.15, 0.2) is 35.7 Å². The first kappa shape index (κ1) is 25.1. The Morgan fingerprint density at radius 1 is 1.23 bits per heavy atom. The third kappa shape index (κ3) is 5.97. The van der Waals surface area contributed by atoms with Crippen molar-refractivity contribution in [1.82, 2.24) is 4.98 Å². The van der Waals surface area contributed by atoms with Crippen LogP contribution in [0.1, 0.15) is 52.4 Å². The van der Waals surface area contributed by atoms with E-state index in [4.69, 9.17) is 11.6 Å². The van der Waals surface area contributed by atoms with Gasteiger partial charge < -0.3 is 20.8 Å². The van der Waals surface area contributed by atoms with Gasteiger partial charge in [0, 0.05) is 49.1 Å². The Hall–Kier alpha value is -1.13. The molecule has 0 saturated heterocycles. The van der Waals surface area contributed by atoms with Crippen LogP contribution in [0.2, 0.25) is 5.02 Å². The zero-order chi connectivity index (χ0) is 20.9. The molecular formula is C23H32ClN3O2W. The summed E-state index contributed by atoms with van der Waals surface area (Å²) in [6, 6.07) is 5.68. The van der Waals surface area contributed by atoms with Gasteiger partial charge in [-0.25, -0.2) is 0 Å². The normalized spacial score (nSPS) is 13.6. The Kier molecular flexibility index (Phi) is 9.61. The predicted molar refractivity (Wildman–Crippen MR) is 122 cm³/mol. The number of pyridine rings is 1. The number of aromatic nitrogens is 1. The Labute approximate surface area is 198 Å². The number of aliphatic hydroxyl groups is 2. The summed E-state index contributed by atoms with van der Waals surface area (Å²) in [7, 11) is 0. The summed E-state index contributed by atoms with van der Waals surface area (Å²) in [5.74, 6) is 0. The van der Waals surface area contributed by atoms with Gasteiger partial charge in [0.2, 0.25) is 0 Å². The van der Waals surface area contributed by atoms with E-state index in [9.17, 15) is 10.2 Å². The molecule has 1 aromatic heterocycles. The Morgan fingerprint density at radius 3 is 2.57 bits per heavy atom. The van der Waals surface area contributed by atoms with Crippen molar-refractivity contribution in [3.63, 3.8) is 0 Å². The first-order chi connectivity index (χ1) is 14.0. The molecule has 0 atom stereocenters. The number of nitrogens with one attached hydrogen (secondary N) is 2. The second-order valence-electron chi connectivity index (χ2n) is 8.35.